The number of ether oxygens (including phenoxy) is 2. The van der Waals surface area contributed by atoms with E-state index in [9.17, 15) is 0 Å². The molecule has 0 saturated heterocycles. The van der Waals surface area contributed by atoms with Crippen molar-refractivity contribution in [2.45, 2.75) is 20.0 Å². The molecule has 0 spiro atoms. The maximum Gasteiger partial charge on any atom is 0.282 e. The van der Waals surface area contributed by atoms with Crippen LogP contribution in [0.2, 0.25) is 0 Å². The SMILES string of the molecule is Cc1ccccc1-c1ccc(OCC2CN=C(N)O2)cc1C. The first kappa shape index (κ1) is 14.4. The molecule has 3 rings (SSSR count). The van der Waals surface area contributed by atoms with Crippen molar-refractivity contribution in [3.05, 3.63) is 53.6 Å². The minimum Gasteiger partial charge on any atom is -0.490 e. The molecule has 0 saturated carbocycles. The molecule has 1 aliphatic rings. The summed E-state index contributed by atoms with van der Waals surface area (Å²) >= 11 is 0. The van der Waals surface area contributed by atoms with E-state index in [1.165, 1.54) is 22.3 Å². The number of nitrogens with two attached hydrogens (primary N) is 1. The molecule has 114 valence electrons. The second-order valence-electron chi connectivity index (χ2n) is 5.52. The number of aryl methyl sites for hydroxylation is 2. The molecular weight excluding hydrogens is 276 g/mol. The van der Waals surface area contributed by atoms with E-state index < -0.39 is 0 Å². The molecule has 1 aliphatic heterocycles. The van der Waals surface area contributed by atoms with Crippen LogP contribution in [0.4, 0.5) is 0 Å². The Kier molecular flexibility index (Phi) is 4.00. The van der Waals surface area contributed by atoms with E-state index in [0.29, 0.717) is 13.2 Å². The molecule has 0 radical (unpaired) electrons. The van der Waals surface area contributed by atoms with Gasteiger partial charge < -0.3 is 15.2 Å². The summed E-state index contributed by atoms with van der Waals surface area (Å²) in [6, 6.07) is 14.8. The maximum atomic E-state index is 5.79. The van der Waals surface area contributed by atoms with E-state index in [-0.39, 0.29) is 12.1 Å². The number of benzene rings is 2. The van der Waals surface area contributed by atoms with Gasteiger partial charge in [-0.3, -0.25) is 0 Å². The summed E-state index contributed by atoms with van der Waals surface area (Å²) in [7, 11) is 0. The minimum absolute atomic E-state index is 0.0867. The monoisotopic (exact) mass is 296 g/mol. The summed E-state index contributed by atoms with van der Waals surface area (Å²) in [6.45, 7) is 5.24. The average Bonchev–Trinajstić information content (AvgIpc) is 2.92. The molecule has 0 fully saturated rings. The minimum atomic E-state index is -0.0867. The van der Waals surface area contributed by atoms with Crippen LogP contribution >= 0.6 is 0 Å². The second-order valence-corrected chi connectivity index (χ2v) is 5.52. The molecule has 2 aromatic carbocycles. The van der Waals surface area contributed by atoms with Gasteiger partial charge in [0.1, 0.15) is 12.4 Å². The van der Waals surface area contributed by atoms with Gasteiger partial charge in [-0.2, -0.15) is 0 Å². The van der Waals surface area contributed by atoms with Gasteiger partial charge in [0.25, 0.3) is 6.02 Å². The molecule has 0 bridgehead atoms. The first-order chi connectivity index (χ1) is 10.6. The Hall–Kier alpha value is -2.49. The zero-order valence-corrected chi connectivity index (χ0v) is 12.9. The van der Waals surface area contributed by atoms with Crippen LogP contribution in [0.3, 0.4) is 0 Å². The fraction of sp³-hybridized carbons (Fsp3) is 0.278. The van der Waals surface area contributed by atoms with Crippen molar-refractivity contribution in [1.82, 2.24) is 0 Å². The third-order valence-corrected chi connectivity index (χ3v) is 3.81. The highest BCUT2D eigenvalue weighted by Gasteiger charge is 2.18. The van der Waals surface area contributed by atoms with Gasteiger partial charge in [-0.25, -0.2) is 4.99 Å². The van der Waals surface area contributed by atoms with Gasteiger partial charge in [-0.1, -0.05) is 30.3 Å². The summed E-state index contributed by atoms with van der Waals surface area (Å²) in [5.74, 6) is 0.837. The van der Waals surface area contributed by atoms with Crippen molar-refractivity contribution in [2.24, 2.45) is 10.7 Å². The van der Waals surface area contributed by atoms with Crippen LogP contribution in [0, 0.1) is 13.8 Å². The molecule has 1 unspecified atom stereocenters. The lowest BCUT2D eigenvalue weighted by Crippen LogP contribution is -2.24. The van der Waals surface area contributed by atoms with Crippen LogP contribution < -0.4 is 10.5 Å². The van der Waals surface area contributed by atoms with Crippen LogP contribution in [0.15, 0.2) is 47.5 Å². The number of nitrogens with zero attached hydrogens (tertiary/aromatic N) is 1. The zero-order valence-electron chi connectivity index (χ0n) is 12.9. The van der Waals surface area contributed by atoms with Crippen molar-refractivity contribution in [2.75, 3.05) is 13.2 Å². The number of amidine groups is 1. The molecule has 2 N–H and O–H groups in total. The Morgan fingerprint density at radius 3 is 2.59 bits per heavy atom. The Morgan fingerprint density at radius 2 is 1.91 bits per heavy atom. The summed E-state index contributed by atoms with van der Waals surface area (Å²) < 4.78 is 11.1. The van der Waals surface area contributed by atoms with E-state index >= 15 is 0 Å². The van der Waals surface area contributed by atoms with Crippen molar-refractivity contribution < 1.29 is 9.47 Å². The number of hydrogen-bond donors (Lipinski definition) is 1. The third kappa shape index (κ3) is 3.06. The zero-order chi connectivity index (χ0) is 15.5. The summed E-state index contributed by atoms with van der Waals surface area (Å²) in [5.41, 5.74) is 10.4. The van der Waals surface area contributed by atoms with E-state index in [4.69, 9.17) is 15.2 Å². The van der Waals surface area contributed by atoms with Crippen LogP contribution in [0.5, 0.6) is 5.75 Å². The van der Waals surface area contributed by atoms with Crippen molar-refractivity contribution in [1.29, 1.82) is 0 Å². The second kappa shape index (κ2) is 6.10. The van der Waals surface area contributed by atoms with E-state index in [1.54, 1.807) is 0 Å². The molecule has 0 aromatic heterocycles. The highest BCUT2D eigenvalue weighted by molar-refractivity contribution is 5.73. The highest BCUT2D eigenvalue weighted by Crippen LogP contribution is 2.29. The fourth-order valence-corrected chi connectivity index (χ4v) is 2.62. The fourth-order valence-electron chi connectivity index (χ4n) is 2.62. The van der Waals surface area contributed by atoms with Crippen molar-refractivity contribution in [3.63, 3.8) is 0 Å². The lowest BCUT2D eigenvalue weighted by molar-refractivity contribution is 0.141. The Balaban J connectivity index is 1.71. The number of rotatable bonds is 4. The highest BCUT2D eigenvalue weighted by atomic mass is 16.5. The Labute approximate surface area is 130 Å². The predicted octanol–water partition coefficient (Wildman–Crippen LogP) is 3.06. The van der Waals surface area contributed by atoms with Crippen LogP contribution in [-0.4, -0.2) is 25.3 Å². The first-order valence-electron chi connectivity index (χ1n) is 7.39. The van der Waals surface area contributed by atoms with Gasteiger partial charge in [0.05, 0.1) is 6.54 Å². The molecule has 22 heavy (non-hydrogen) atoms. The van der Waals surface area contributed by atoms with Gasteiger partial charge in [0.15, 0.2) is 6.10 Å². The molecule has 1 heterocycles. The summed E-state index contributed by atoms with van der Waals surface area (Å²) in [5, 5.41) is 0. The van der Waals surface area contributed by atoms with Crippen LogP contribution in [0.1, 0.15) is 11.1 Å². The van der Waals surface area contributed by atoms with Crippen LogP contribution in [-0.2, 0) is 4.74 Å². The smallest absolute Gasteiger partial charge is 0.282 e. The van der Waals surface area contributed by atoms with E-state index in [0.717, 1.165) is 5.75 Å². The van der Waals surface area contributed by atoms with E-state index in [1.807, 2.05) is 6.07 Å². The molecule has 0 aliphatic carbocycles. The largest absolute Gasteiger partial charge is 0.490 e. The maximum absolute atomic E-state index is 5.79. The first-order valence-corrected chi connectivity index (χ1v) is 7.39. The third-order valence-electron chi connectivity index (χ3n) is 3.81. The summed E-state index contributed by atoms with van der Waals surface area (Å²) in [4.78, 5) is 4.00. The molecule has 2 aromatic rings. The topological polar surface area (TPSA) is 56.8 Å². The van der Waals surface area contributed by atoms with Gasteiger partial charge in [0, 0.05) is 0 Å². The normalized spacial score (nSPS) is 17.0. The molecule has 4 heteroatoms. The average molecular weight is 296 g/mol. The van der Waals surface area contributed by atoms with E-state index in [2.05, 4.69) is 55.2 Å². The molecule has 4 nitrogen and oxygen atoms in total. The van der Waals surface area contributed by atoms with Gasteiger partial charge >= 0.3 is 0 Å². The molecular formula is C18H20N2O2. The Morgan fingerprint density at radius 1 is 1.14 bits per heavy atom. The standard InChI is InChI=1S/C18H20N2O2/c1-12-5-3-4-6-16(12)17-8-7-14(9-13(17)2)21-11-15-10-20-18(19)22-15/h3-9,15H,10-11H2,1-2H3,(H2,19,20). The van der Waals surface area contributed by atoms with Crippen molar-refractivity contribution >= 4 is 6.02 Å². The van der Waals surface area contributed by atoms with Gasteiger partial charge in [-0.15, -0.1) is 0 Å². The molecule has 0 amide bonds. The number of hydrogen-bond acceptors (Lipinski definition) is 4. The van der Waals surface area contributed by atoms with Crippen LogP contribution in [0.25, 0.3) is 11.1 Å². The quantitative estimate of drug-likeness (QED) is 0.943. The molecule has 1 atom stereocenters. The predicted molar refractivity (Wildman–Crippen MR) is 88.2 cm³/mol. The lowest BCUT2D eigenvalue weighted by Gasteiger charge is -2.14. The lowest BCUT2D eigenvalue weighted by atomic mass is 9.97. The number of aliphatic imine (C=N–C) groups is 1. The Bertz CT molecular complexity index is 710. The van der Waals surface area contributed by atoms with Crippen molar-refractivity contribution in [3.8, 4) is 16.9 Å². The van der Waals surface area contributed by atoms with Gasteiger partial charge in [0.2, 0.25) is 0 Å². The summed E-state index contributed by atoms with van der Waals surface area (Å²) in [6.07, 6.45) is -0.0867. The van der Waals surface area contributed by atoms with Gasteiger partial charge in [-0.05, 0) is 48.2 Å².